The van der Waals surface area contributed by atoms with Gasteiger partial charge in [-0.15, -0.1) is 0 Å². The number of carbonyl (C=O) groups is 1. The van der Waals surface area contributed by atoms with E-state index in [2.05, 4.69) is 12.2 Å². The van der Waals surface area contributed by atoms with Crippen molar-refractivity contribution in [2.24, 2.45) is 0 Å². The number of hydrogen-bond acceptors (Lipinski definition) is 5. The highest BCUT2D eigenvalue weighted by Gasteiger charge is 2.11. The molecule has 2 aromatic rings. The van der Waals surface area contributed by atoms with Gasteiger partial charge in [0.1, 0.15) is 18.1 Å². The minimum atomic E-state index is -0.244. The Morgan fingerprint density at radius 2 is 1.82 bits per heavy atom. The summed E-state index contributed by atoms with van der Waals surface area (Å²) in [7, 11) is 1.61. The number of nitrogens with zero attached hydrogens (tertiary/aromatic N) is 1. The van der Waals surface area contributed by atoms with Crippen LogP contribution in [0, 0.1) is 6.92 Å². The van der Waals surface area contributed by atoms with E-state index in [1.807, 2.05) is 28.8 Å². The molecule has 0 radical (unpaired) electrons. The molecule has 0 aliphatic rings. The summed E-state index contributed by atoms with van der Waals surface area (Å²) in [5.74, 6) is 1.46. The van der Waals surface area contributed by atoms with Crippen molar-refractivity contribution in [3.05, 3.63) is 52.4 Å². The predicted molar refractivity (Wildman–Crippen MR) is 107 cm³/mol. The number of pyridine rings is 1. The molecule has 7 nitrogen and oxygen atoms in total. The zero-order valence-electron chi connectivity index (χ0n) is 16.7. The van der Waals surface area contributed by atoms with Crippen LogP contribution >= 0.6 is 0 Å². The van der Waals surface area contributed by atoms with Gasteiger partial charge in [0, 0.05) is 18.8 Å². The normalized spacial score (nSPS) is 10.4. The largest absolute Gasteiger partial charge is 0.497 e. The fourth-order valence-electron chi connectivity index (χ4n) is 2.60. The summed E-state index contributed by atoms with van der Waals surface area (Å²) in [5, 5.41) is 2.77. The molecule has 2 rings (SSSR count). The van der Waals surface area contributed by atoms with Gasteiger partial charge in [-0.1, -0.05) is 13.3 Å². The predicted octanol–water partition coefficient (Wildman–Crippen LogP) is 2.54. The fourth-order valence-corrected chi connectivity index (χ4v) is 2.60. The number of carbonyl (C=O) groups excluding carboxylic acids is 1. The molecule has 1 heterocycles. The summed E-state index contributed by atoms with van der Waals surface area (Å²) in [5.41, 5.74) is 0.415. The Labute approximate surface area is 165 Å². The summed E-state index contributed by atoms with van der Waals surface area (Å²) in [4.78, 5) is 23.9. The van der Waals surface area contributed by atoms with Gasteiger partial charge in [0.2, 0.25) is 5.43 Å². The van der Waals surface area contributed by atoms with E-state index in [-0.39, 0.29) is 23.7 Å². The van der Waals surface area contributed by atoms with Gasteiger partial charge in [-0.2, -0.15) is 0 Å². The molecule has 0 aliphatic carbocycles. The Morgan fingerprint density at radius 1 is 1.11 bits per heavy atom. The Kier molecular flexibility index (Phi) is 8.39. The Morgan fingerprint density at radius 3 is 2.50 bits per heavy atom. The Balaban J connectivity index is 1.91. The zero-order valence-corrected chi connectivity index (χ0v) is 16.7. The van der Waals surface area contributed by atoms with Gasteiger partial charge in [-0.25, -0.2) is 0 Å². The van der Waals surface area contributed by atoms with Crippen LogP contribution < -0.4 is 25.0 Å². The molecular formula is C21H28N2O5. The van der Waals surface area contributed by atoms with Gasteiger partial charge >= 0.3 is 0 Å². The third-order valence-electron chi connectivity index (χ3n) is 4.25. The molecule has 0 atom stereocenters. The van der Waals surface area contributed by atoms with E-state index in [1.54, 1.807) is 20.2 Å². The van der Waals surface area contributed by atoms with Crippen molar-refractivity contribution in [3.8, 4) is 17.2 Å². The first-order valence-electron chi connectivity index (χ1n) is 9.41. The Bertz CT molecular complexity index is 815. The van der Waals surface area contributed by atoms with Crippen molar-refractivity contribution < 1.29 is 19.0 Å². The van der Waals surface area contributed by atoms with E-state index in [4.69, 9.17) is 14.2 Å². The number of hydrogen-bond donors (Lipinski definition) is 1. The smallest absolute Gasteiger partial charge is 0.257 e. The van der Waals surface area contributed by atoms with Crippen molar-refractivity contribution in [3.63, 3.8) is 0 Å². The monoisotopic (exact) mass is 388 g/mol. The number of unbranched alkanes of at least 4 members (excludes halogenated alkanes) is 1. The fraction of sp³-hybridized carbons (Fsp3) is 0.429. The number of amides is 1. The average Bonchev–Trinajstić information content (AvgIpc) is 2.70. The quantitative estimate of drug-likeness (QED) is 0.599. The lowest BCUT2D eigenvalue weighted by atomic mass is 10.3. The highest BCUT2D eigenvalue weighted by Crippen LogP contribution is 2.17. The van der Waals surface area contributed by atoms with E-state index in [0.717, 1.165) is 24.3 Å². The number of rotatable bonds is 11. The molecule has 0 aliphatic heterocycles. The van der Waals surface area contributed by atoms with Gasteiger partial charge in [0.05, 0.1) is 19.3 Å². The van der Waals surface area contributed by atoms with E-state index >= 15 is 0 Å². The number of nitrogens with one attached hydrogen (secondary N) is 1. The summed E-state index contributed by atoms with van der Waals surface area (Å²) in [6, 6.07) is 8.77. The van der Waals surface area contributed by atoms with Crippen LogP contribution in [0.1, 0.15) is 25.5 Å². The van der Waals surface area contributed by atoms with Crippen molar-refractivity contribution in [1.29, 1.82) is 0 Å². The van der Waals surface area contributed by atoms with Gasteiger partial charge < -0.3 is 24.1 Å². The SMILES string of the molecule is CCCCNC(=O)COc1c(C)n(CCOc2ccc(OC)cc2)ccc1=O. The molecule has 0 fully saturated rings. The van der Waals surface area contributed by atoms with E-state index in [0.29, 0.717) is 25.4 Å². The minimum absolute atomic E-state index is 0.174. The average molecular weight is 388 g/mol. The second-order valence-electron chi connectivity index (χ2n) is 6.30. The third-order valence-corrected chi connectivity index (χ3v) is 4.25. The van der Waals surface area contributed by atoms with Crippen molar-refractivity contribution in [2.45, 2.75) is 33.2 Å². The summed E-state index contributed by atoms with van der Waals surface area (Å²) < 4.78 is 18.2. The van der Waals surface area contributed by atoms with Crippen LogP contribution in [0.3, 0.4) is 0 Å². The molecule has 152 valence electrons. The topological polar surface area (TPSA) is 78.8 Å². The summed E-state index contributed by atoms with van der Waals surface area (Å²) in [6.07, 6.45) is 3.61. The molecule has 7 heteroatoms. The second kappa shape index (κ2) is 11.0. The second-order valence-corrected chi connectivity index (χ2v) is 6.30. The number of benzene rings is 1. The molecule has 1 aromatic heterocycles. The van der Waals surface area contributed by atoms with Crippen LogP contribution in [0.15, 0.2) is 41.3 Å². The van der Waals surface area contributed by atoms with Gasteiger partial charge in [0.25, 0.3) is 5.91 Å². The first-order chi connectivity index (χ1) is 13.5. The molecule has 0 spiro atoms. The highest BCUT2D eigenvalue weighted by atomic mass is 16.5. The maximum absolute atomic E-state index is 12.1. The molecule has 1 aromatic carbocycles. The number of aromatic nitrogens is 1. The number of ether oxygens (including phenoxy) is 3. The van der Waals surface area contributed by atoms with Gasteiger partial charge in [-0.3, -0.25) is 9.59 Å². The van der Waals surface area contributed by atoms with Crippen molar-refractivity contribution >= 4 is 5.91 Å². The molecular weight excluding hydrogens is 360 g/mol. The summed E-state index contributed by atoms with van der Waals surface area (Å²) in [6.45, 7) is 5.24. The number of methoxy groups -OCH3 is 1. The van der Waals surface area contributed by atoms with Crippen LogP contribution in [-0.2, 0) is 11.3 Å². The lowest BCUT2D eigenvalue weighted by Gasteiger charge is -2.15. The van der Waals surface area contributed by atoms with Crippen molar-refractivity contribution in [2.75, 3.05) is 26.9 Å². The van der Waals surface area contributed by atoms with Crippen LogP contribution in [0.4, 0.5) is 0 Å². The standard InChI is InChI=1S/C21H28N2O5/c1-4-5-11-22-20(25)15-28-21-16(2)23(12-10-19(21)24)13-14-27-18-8-6-17(26-3)7-9-18/h6-10,12H,4-5,11,13-15H2,1-3H3,(H,22,25). The molecule has 1 N–H and O–H groups in total. The van der Waals surface area contributed by atoms with E-state index in [9.17, 15) is 9.59 Å². The maximum atomic E-state index is 12.1. The lowest BCUT2D eigenvalue weighted by Crippen LogP contribution is -2.31. The van der Waals surface area contributed by atoms with E-state index in [1.165, 1.54) is 6.07 Å². The third kappa shape index (κ3) is 6.33. The molecule has 1 amide bonds. The lowest BCUT2D eigenvalue weighted by molar-refractivity contribution is -0.123. The Hall–Kier alpha value is -2.96. The first kappa shape index (κ1) is 21.3. The van der Waals surface area contributed by atoms with Crippen molar-refractivity contribution in [1.82, 2.24) is 9.88 Å². The molecule has 0 saturated heterocycles. The minimum Gasteiger partial charge on any atom is -0.497 e. The molecule has 0 saturated carbocycles. The van der Waals surface area contributed by atoms with Gasteiger partial charge in [-0.05, 0) is 37.6 Å². The molecule has 0 unspecified atom stereocenters. The van der Waals surface area contributed by atoms with Crippen LogP contribution in [0.5, 0.6) is 17.2 Å². The maximum Gasteiger partial charge on any atom is 0.257 e. The zero-order chi connectivity index (χ0) is 20.4. The van der Waals surface area contributed by atoms with Crippen LogP contribution in [-0.4, -0.2) is 37.3 Å². The summed E-state index contributed by atoms with van der Waals surface area (Å²) >= 11 is 0. The van der Waals surface area contributed by atoms with E-state index < -0.39 is 0 Å². The van der Waals surface area contributed by atoms with Crippen LogP contribution in [0.2, 0.25) is 0 Å². The molecule has 0 bridgehead atoms. The first-order valence-corrected chi connectivity index (χ1v) is 9.41. The van der Waals surface area contributed by atoms with Crippen LogP contribution in [0.25, 0.3) is 0 Å². The van der Waals surface area contributed by atoms with Gasteiger partial charge in [0.15, 0.2) is 12.4 Å². The highest BCUT2D eigenvalue weighted by molar-refractivity contribution is 5.77. The molecule has 28 heavy (non-hydrogen) atoms.